The molecule has 0 spiro atoms. The van der Waals surface area contributed by atoms with Gasteiger partial charge in [-0.2, -0.15) is 0 Å². The molecule has 100 valence electrons. The van der Waals surface area contributed by atoms with Gasteiger partial charge < -0.3 is 5.32 Å². The van der Waals surface area contributed by atoms with Crippen molar-refractivity contribution in [2.24, 2.45) is 0 Å². The van der Waals surface area contributed by atoms with Gasteiger partial charge in [-0.15, -0.1) is 0 Å². The van der Waals surface area contributed by atoms with Crippen LogP contribution in [0.25, 0.3) is 0 Å². The molecule has 6 heteroatoms. The van der Waals surface area contributed by atoms with Crippen molar-refractivity contribution in [2.75, 3.05) is 12.3 Å². The van der Waals surface area contributed by atoms with Gasteiger partial charge in [-0.3, -0.25) is 4.98 Å². The van der Waals surface area contributed by atoms with Gasteiger partial charge in [-0.05, 0) is 37.9 Å². The molecule has 1 saturated heterocycles. The molecule has 0 saturated carbocycles. The molecular formula is C12H19N3O2S. The van der Waals surface area contributed by atoms with Crippen LogP contribution in [0.3, 0.4) is 0 Å². The van der Waals surface area contributed by atoms with Crippen LogP contribution in [0, 0.1) is 6.92 Å². The monoisotopic (exact) mass is 269 g/mol. The molecule has 0 radical (unpaired) electrons. The second kappa shape index (κ2) is 5.77. The van der Waals surface area contributed by atoms with Crippen molar-refractivity contribution in [1.82, 2.24) is 15.0 Å². The number of pyridine rings is 1. The molecule has 18 heavy (non-hydrogen) atoms. The fraction of sp³-hybridized carbons (Fsp3) is 0.583. The molecule has 1 aromatic rings. The van der Waals surface area contributed by atoms with Crippen molar-refractivity contribution in [3.05, 3.63) is 29.6 Å². The molecule has 0 aliphatic carbocycles. The Labute approximate surface area is 108 Å². The highest BCUT2D eigenvalue weighted by Gasteiger charge is 2.21. The summed E-state index contributed by atoms with van der Waals surface area (Å²) in [6, 6.07) is 3.86. The number of aryl methyl sites for hydroxylation is 1. The first-order chi connectivity index (χ1) is 8.55. The Balaban J connectivity index is 1.86. The molecule has 5 nitrogen and oxygen atoms in total. The summed E-state index contributed by atoms with van der Waals surface area (Å²) in [5, 5.41) is 3.19. The predicted octanol–water partition coefficient (Wildman–Crippen LogP) is 0.561. The molecular weight excluding hydrogens is 250 g/mol. The van der Waals surface area contributed by atoms with Gasteiger partial charge >= 0.3 is 0 Å². The first-order valence-corrected chi connectivity index (χ1v) is 7.83. The minimum atomic E-state index is -3.21. The van der Waals surface area contributed by atoms with E-state index < -0.39 is 10.0 Å². The lowest BCUT2D eigenvalue weighted by molar-refractivity contribution is 0.563. The number of hydrogen-bond acceptors (Lipinski definition) is 4. The van der Waals surface area contributed by atoms with Gasteiger partial charge in [-0.1, -0.05) is 6.07 Å². The average molecular weight is 269 g/mol. The zero-order chi connectivity index (χ0) is 13.0. The predicted molar refractivity (Wildman–Crippen MR) is 70.6 cm³/mol. The summed E-state index contributed by atoms with van der Waals surface area (Å²) < 4.78 is 26.3. The second-order valence-corrected chi connectivity index (χ2v) is 6.56. The first kappa shape index (κ1) is 13.5. The van der Waals surface area contributed by atoms with Gasteiger partial charge in [0.05, 0.1) is 5.75 Å². The quantitative estimate of drug-likeness (QED) is 0.819. The highest BCUT2D eigenvalue weighted by Crippen LogP contribution is 2.07. The Bertz CT molecular complexity index is 479. The maximum atomic E-state index is 11.9. The molecule has 0 bridgehead atoms. The Morgan fingerprint density at radius 1 is 1.50 bits per heavy atom. The van der Waals surface area contributed by atoms with E-state index in [1.165, 1.54) is 0 Å². The van der Waals surface area contributed by atoms with Crippen LogP contribution >= 0.6 is 0 Å². The minimum absolute atomic E-state index is 0.0960. The number of nitrogens with one attached hydrogen (secondary N) is 2. The van der Waals surface area contributed by atoms with Gasteiger partial charge in [0.2, 0.25) is 10.0 Å². The van der Waals surface area contributed by atoms with E-state index in [4.69, 9.17) is 0 Å². The normalized spacial score (nSPS) is 20.2. The van der Waals surface area contributed by atoms with Crippen molar-refractivity contribution < 1.29 is 8.42 Å². The van der Waals surface area contributed by atoms with Crippen molar-refractivity contribution in [3.8, 4) is 0 Å². The maximum absolute atomic E-state index is 11.9. The third-order valence-electron chi connectivity index (χ3n) is 3.05. The van der Waals surface area contributed by atoms with Crippen LogP contribution in [0.5, 0.6) is 0 Å². The highest BCUT2D eigenvalue weighted by molar-refractivity contribution is 7.89. The largest absolute Gasteiger partial charge is 0.313 e. The number of nitrogens with zero attached hydrogens (tertiary/aromatic N) is 1. The van der Waals surface area contributed by atoms with Gasteiger partial charge in [-0.25, -0.2) is 13.1 Å². The fourth-order valence-electron chi connectivity index (χ4n) is 2.02. The Kier molecular flexibility index (Phi) is 4.31. The summed E-state index contributed by atoms with van der Waals surface area (Å²) in [4.78, 5) is 4.14. The van der Waals surface area contributed by atoms with Gasteiger partial charge in [0.15, 0.2) is 0 Å². The smallest absolute Gasteiger partial charge is 0.213 e. The molecule has 1 atom stereocenters. The lowest BCUT2D eigenvalue weighted by Gasteiger charge is -2.11. The van der Waals surface area contributed by atoms with E-state index in [0.29, 0.717) is 6.54 Å². The van der Waals surface area contributed by atoms with E-state index in [1.807, 2.05) is 19.1 Å². The lowest BCUT2D eigenvalue weighted by Crippen LogP contribution is -2.36. The van der Waals surface area contributed by atoms with E-state index in [0.717, 1.165) is 30.6 Å². The standard InChI is InChI=1S/C12H19N3O2S/c1-10-4-5-11(7-14-10)8-15-18(16,17)9-12-3-2-6-13-12/h4-5,7,12-13,15H,2-3,6,8-9H2,1H3. The van der Waals surface area contributed by atoms with E-state index in [-0.39, 0.29) is 11.8 Å². The van der Waals surface area contributed by atoms with Crippen LogP contribution < -0.4 is 10.0 Å². The summed E-state index contributed by atoms with van der Waals surface area (Å²) >= 11 is 0. The van der Waals surface area contributed by atoms with Crippen molar-refractivity contribution in [2.45, 2.75) is 32.4 Å². The van der Waals surface area contributed by atoms with E-state index >= 15 is 0 Å². The molecule has 2 N–H and O–H groups in total. The van der Waals surface area contributed by atoms with E-state index in [2.05, 4.69) is 15.0 Å². The molecule has 0 amide bonds. The fourth-order valence-corrected chi connectivity index (χ4v) is 3.34. The minimum Gasteiger partial charge on any atom is -0.313 e. The summed E-state index contributed by atoms with van der Waals surface area (Å²) in [5.41, 5.74) is 1.81. The Morgan fingerprint density at radius 3 is 2.94 bits per heavy atom. The summed E-state index contributed by atoms with van der Waals surface area (Å²) in [6.45, 7) is 3.13. The molecule has 0 aromatic carbocycles. The summed E-state index contributed by atoms with van der Waals surface area (Å²) in [5.74, 6) is 0.159. The topological polar surface area (TPSA) is 71.1 Å². The molecule has 1 aromatic heterocycles. The molecule has 1 fully saturated rings. The lowest BCUT2D eigenvalue weighted by atomic mass is 10.2. The van der Waals surface area contributed by atoms with Crippen LogP contribution in [0.2, 0.25) is 0 Å². The number of aromatic nitrogens is 1. The molecule has 1 aliphatic rings. The number of sulfonamides is 1. The molecule has 2 rings (SSSR count). The van der Waals surface area contributed by atoms with Crippen molar-refractivity contribution >= 4 is 10.0 Å². The molecule has 1 unspecified atom stereocenters. The summed E-state index contributed by atoms with van der Waals surface area (Å²) in [7, 11) is -3.21. The highest BCUT2D eigenvalue weighted by atomic mass is 32.2. The third kappa shape index (κ3) is 4.04. The van der Waals surface area contributed by atoms with Gasteiger partial charge in [0, 0.05) is 24.5 Å². The van der Waals surface area contributed by atoms with Crippen LogP contribution in [0.1, 0.15) is 24.1 Å². The van der Waals surface area contributed by atoms with E-state index in [9.17, 15) is 8.42 Å². The van der Waals surface area contributed by atoms with Crippen LogP contribution in [-0.2, 0) is 16.6 Å². The maximum Gasteiger partial charge on any atom is 0.213 e. The zero-order valence-corrected chi connectivity index (χ0v) is 11.3. The SMILES string of the molecule is Cc1ccc(CNS(=O)(=O)CC2CCCN2)cn1. The van der Waals surface area contributed by atoms with Gasteiger partial charge in [0.1, 0.15) is 0 Å². The van der Waals surface area contributed by atoms with Crippen molar-refractivity contribution in [1.29, 1.82) is 0 Å². The Morgan fingerprint density at radius 2 is 2.33 bits per heavy atom. The number of hydrogen-bond donors (Lipinski definition) is 2. The first-order valence-electron chi connectivity index (χ1n) is 6.17. The number of rotatable bonds is 5. The molecule has 1 aliphatic heterocycles. The summed E-state index contributed by atoms with van der Waals surface area (Å²) in [6.07, 6.45) is 3.70. The second-order valence-electron chi connectivity index (χ2n) is 4.70. The van der Waals surface area contributed by atoms with Crippen molar-refractivity contribution in [3.63, 3.8) is 0 Å². The van der Waals surface area contributed by atoms with E-state index in [1.54, 1.807) is 6.20 Å². The van der Waals surface area contributed by atoms with Gasteiger partial charge in [0.25, 0.3) is 0 Å². The third-order valence-corrected chi connectivity index (χ3v) is 4.48. The Hall–Kier alpha value is -0.980. The van der Waals surface area contributed by atoms with Crippen LogP contribution in [0.15, 0.2) is 18.3 Å². The van der Waals surface area contributed by atoms with Crippen LogP contribution in [-0.4, -0.2) is 31.7 Å². The van der Waals surface area contributed by atoms with Crippen LogP contribution in [0.4, 0.5) is 0 Å². The average Bonchev–Trinajstić information content (AvgIpc) is 2.80. The molecule has 2 heterocycles. The zero-order valence-electron chi connectivity index (χ0n) is 10.5.